The van der Waals surface area contributed by atoms with Crippen LogP contribution in [0.25, 0.3) is 5.52 Å². The van der Waals surface area contributed by atoms with Gasteiger partial charge in [0.1, 0.15) is 11.3 Å². The molecule has 1 aliphatic rings. The molecule has 0 aliphatic carbocycles. The van der Waals surface area contributed by atoms with Gasteiger partial charge in [-0.15, -0.1) is 0 Å². The van der Waals surface area contributed by atoms with Gasteiger partial charge in [0.05, 0.1) is 24.5 Å². The molecule has 2 aromatic rings. The Balaban J connectivity index is 1.81. The first-order valence-corrected chi connectivity index (χ1v) is 8.56. The fourth-order valence-corrected chi connectivity index (χ4v) is 3.51. The average molecular weight is 346 g/mol. The standard InChI is InChI=1S/C18H26N4O3/c1-13-11-20(12-18(2,3)24)8-9-21(13)17(23)14-10-19-22-7-5-6-15(25-4)16(14)22/h5-7,10,13,24H,8-9,11-12H2,1-4H3. The van der Waals surface area contributed by atoms with Gasteiger partial charge in [0.2, 0.25) is 0 Å². The fourth-order valence-electron chi connectivity index (χ4n) is 3.51. The van der Waals surface area contributed by atoms with Crippen molar-refractivity contribution in [3.05, 3.63) is 30.1 Å². The smallest absolute Gasteiger partial charge is 0.258 e. The molecule has 1 saturated heterocycles. The van der Waals surface area contributed by atoms with Crippen LogP contribution in [0.15, 0.2) is 24.5 Å². The molecule has 1 fully saturated rings. The van der Waals surface area contributed by atoms with Crippen LogP contribution in [0, 0.1) is 0 Å². The Hall–Kier alpha value is -2.12. The molecule has 1 atom stereocenters. The van der Waals surface area contributed by atoms with Gasteiger partial charge < -0.3 is 14.7 Å². The average Bonchev–Trinajstić information content (AvgIpc) is 2.97. The summed E-state index contributed by atoms with van der Waals surface area (Å²) in [7, 11) is 1.59. The molecule has 7 heteroatoms. The van der Waals surface area contributed by atoms with Gasteiger partial charge >= 0.3 is 0 Å². The highest BCUT2D eigenvalue weighted by atomic mass is 16.5. The largest absolute Gasteiger partial charge is 0.494 e. The molecule has 0 spiro atoms. The second-order valence-corrected chi connectivity index (χ2v) is 7.32. The molecule has 136 valence electrons. The third kappa shape index (κ3) is 3.62. The Bertz CT molecular complexity index is 765. The first-order valence-electron chi connectivity index (χ1n) is 8.56. The second kappa shape index (κ2) is 6.65. The van der Waals surface area contributed by atoms with Gasteiger partial charge in [0, 0.05) is 38.4 Å². The zero-order valence-electron chi connectivity index (χ0n) is 15.3. The molecule has 0 saturated carbocycles. The van der Waals surface area contributed by atoms with Crippen LogP contribution in [-0.4, -0.2) is 75.4 Å². The Morgan fingerprint density at radius 2 is 2.20 bits per heavy atom. The molecular weight excluding hydrogens is 320 g/mol. The number of nitrogens with zero attached hydrogens (tertiary/aromatic N) is 4. The van der Waals surface area contributed by atoms with E-state index in [1.54, 1.807) is 37.9 Å². The summed E-state index contributed by atoms with van der Waals surface area (Å²) in [6.45, 7) is 8.37. The molecule has 0 bridgehead atoms. The van der Waals surface area contributed by atoms with E-state index in [4.69, 9.17) is 4.74 Å². The van der Waals surface area contributed by atoms with Crippen LogP contribution in [0.1, 0.15) is 31.1 Å². The van der Waals surface area contributed by atoms with Crippen LogP contribution in [0.5, 0.6) is 5.75 Å². The lowest BCUT2D eigenvalue weighted by Crippen LogP contribution is -2.56. The summed E-state index contributed by atoms with van der Waals surface area (Å²) in [5.74, 6) is 0.603. The lowest BCUT2D eigenvalue weighted by molar-refractivity contribution is 0.00583. The van der Waals surface area contributed by atoms with Gasteiger partial charge in [-0.2, -0.15) is 5.10 Å². The van der Waals surface area contributed by atoms with Crippen molar-refractivity contribution in [2.45, 2.75) is 32.4 Å². The molecule has 0 aromatic carbocycles. The molecule has 1 N–H and O–H groups in total. The van der Waals surface area contributed by atoms with E-state index in [0.29, 0.717) is 29.9 Å². The molecular formula is C18H26N4O3. The number of β-amino-alcohol motifs (C(OH)–C–C–N with tert-alkyl or cyclic N) is 1. The predicted molar refractivity (Wildman–Crippen MR) is 95.0 cm³/mol. The summed E-state index contributed by atoms with van der Waals surface area (Å²) in [6, 6.07) is 3.73. The van der Waals surface area contributed by atoms with Crippen LogP contribution in [0.4, 0.5) is 0 Å². The van der Waals surface area contributed by atoms with Crippen LogP contribution in [-0.2, 0) is 0 Å². The highest BCUT2D eigenvalue weighted by molar-refractivity contribution is 6.02. The van der Waals surface area contributed by atoms with Crippen LogP contribution in [0.2, 0.25) is 0 Å². The van der Waals surface area contributed by atoms with E-state index >= 15 is 0 Å². The normalized spacial score (nSPS) is 19.4. The number of hydrogen-bond acceptors (Lipinski definition) is 5. The maximum atomic E-state index is 13.1. The van der Waals surface area contributed by atoms with E-state index < -0.39 is 5.60 Å². The molecule has 25 heavy (non-hydrogen) atoms. The number of pyridine rings is 1. The summed E-state index contributed by atoms with van der Waals surface area (Å²) >= 11 is 0. The number of piperazine rings is 1. The zero-order valence-corrected chi connectivity index (χ0v) is 15.3. The van der Waals surface area contributed by atoms with Crippen molar-refractivity contribution >= 4 is 11.4 Å². The number of fused-ring (bicyclic) bond motifs is 1. The van der Waals surface area contributed by atoms with Crippen LogP contribution in [0.3, 0.4) is 0 Å². The number of aliphatic hydroxyl groups is 1. The summed E-state index contributed by atoms with van der Waals surface area (Å²) in [5, 5.41) is 14.3. The molecule has 2 aromatic heterocycles. The summed E-state index contributed by atoms with van der Waals surface area (Å²) < 4.78 is 7.06. The van der Waals surface area contributed by atoms with Gasteiger partial charge in [-0.25, -0.2) is 4.52 Å². The quantitative estimate of drug-likeness (QED) is 0.903. The Kier molecular flexibility index (Phi) is 4.71. The summed E-state index contributed by atoms with van der Waals surface area (Å²) in [4.78, 5) is 17.2. The molecule has 3 rings (SSSR count). The van der Waals surface area contributed by atoms with Crippen molar-refractivity contribution in [2.75, 3.05) is 33.3 Å². The minimum atomic E-state index is -0.734. The highest BCUT2D eigenvalue weighted by Crippen LogP contribution is 2.25. The van der Waals surface area contributed by atoms with Crippen molar-refractivity contribution in [1.29, 1.82) is 0 Å². The number of ether oxygens (including phenoxy) is 1. The first-order chi connectivity index (χ1) is 11.8. The van der Waals surface area contributed by atoms with Gasteiger partial charge in [-0.1, -0.05) is 0 Å². The van der Waals surface area contributed by atoms with Crippen molar-refractivity contribution in [3.63, 3.8) is 0 Å². The topological polar surface area (TPSA) is 70.3 Å². The van der Waals surface area contributed by atoms with Crippen molar-refractivity contribution in [3.8, 4) is 5.75 Å². The number of methoxy groups -OCH3 is 1. The number of hydrogen-bond donors (Lipinski definition) is 1. The SMILES string of the molecule is COc1cccn2ncc(C(=O)N3CCN(CC(C)(C)O)CC3C)c12. The monoisotopic (exact) mass is 346 g/mol. The maximum absolute atomic E-state index is 13.1. The Morgan fingerprint density at radius 1 is 1.44 bits per heavy atom. The van der Waals surface area contributed by atoms with Gasteiger partial charge in [0.25, 0.3) is 5.91 Å². The third-order valence-electron chi connectivity index (χ3n) is 4.54. The first kappa shape index (κ1) is 17.7. The number of amides is 1. The van der Waals surface area contributed by atoms with Gasteiger partial charge in [0.15, 0.2) is 0 Å². The van der Waals surface area contributed by atoms with Crippen molar-refractivity contribution in [1.82, 2.24) is 19.4 Å². The number of aromatic nitrogens is 2. The van der Waals surface area contributed by atoms with E-state index in [0.717, 1.165) is 13.1 Å². The number of carbonyl (C=O) groups excluding carboxylic acids is 1. The molecule has 1 amide bonds. The van der Waals surface area contributed by atoms with Gasteiger partial charge in [-0.3, -0.25) is 9.69 Å². The molecule has 3 heterocycles. The number of carbonyl (C=O) groups is 1. The highest BCUT2D eigenvalue weighted by Gasteiger charge is 2.31. The van der Waals surface area contributed by atoms with Gasteiger partial charge in [-0.05, 0) is 32.9 Å². The van der Waals surface area contributed by atoms with Crippen molar-refractivity contribution in [2.24, 2.45) is 0 Å². The van der Waals surface area contributed by atoms with Crippen LogP contribution >= 0.6 is 0 Å². The van der Waals surface area contributed by atoms with E-state index in [1.165, 1.54) is 0 Å². The summed E-state index contributed by atoms with van der Waals surface area (Å²) in [5.41, 5.74) is 0.517. The minimum absolute atomic E-state index is 0.0325. The lowest BCUT2D eigenvalue weighted by atomic mass is 10.1. The van der Waals surface area contributed by atoms with Crippen LogP contribution < -0.4 is 4.74 Å². The minimum Gasteiger partial charge on any atom is -0.494 e. The Labute approximate surface area is 147 Å². The lowest BCUT2D eigenvalue weighted by Gasteiger charge is -2.41. The zero-order chi connectivity index (χ0) is 18.2. The molecule has 1 aliphatic heterocycles. The predicted octanol–water partition coefficient (Wildman–Crippen LogP) is 1.26. The van der Waals surface area contributed by atoms with E-state index in [-0.39, 0.29) is 11.9 Å². The molecule has 7 nitrogen and oxygen atoms in total. The van der Waals surface area contributed by atoms with E-state index in [9.17, 15) is 9.90 Å². The summed E-state index contributed by atoms with van der Waals surface area (Å²) in [6.07, 6.45) is 3.41. The van der Waals surface area contributed by atoms with E-state index in [2.05, 4.69) is 10.00 Å². The molecule has 0 radical (unpaired) electrons. The third-order valence-corrected chi connectivity index (χ3v) is 4.54. The number of rotatable bonds is 4. The molecule has 1 unspecified atom stereocenters. The Morgan fingerprint density at radius 3 is 2.84 bits per heavy atom. The fraction of sp³-hybridized carbons (Fsp3) is 0.556. The second-order valence-electron chi connectivity index (χ2n) is 7.32. The van der Waals surface area contributed by atoms with Crippen molar-refractivity contribution < 1.29 is 14.6 Å². The maximum Gasteiger partial charge on any atom is 0.258 e. The van der Waals surface area contributed by atoms with E-state index in [1.807, 2.05) is 24.0 Å².